The lowest BCUT2D eigenvalue weighted by Gasteiger charge is -2.27. The fraction of sp³-hybridized carbons (Fsp3) is 0.846. The third-order valence-corrected chi connectivity index (χ3v) is 3.88. The minimum absolute atomic E-state index is 0.0558. The van der Waals surface area contributed by atoms with Gasteiger partial charge in [0.05, 0.1) is 0 Å². The Balaban J connectivity index is 1.93. The third kappa shape index (κ3) is 2.83. The number of hydrogen-bond donors (Lipinski definition) is 1. The molecule has 2 saturated heterocycles. The third-order valence-electron chi connectivity index (χ3n) is 3.88. The van der Waals surface area contributed by atoms with Crippen LogP contribution in [-0.4, -0.2) is 60.9 Å². The summed E-state index contributed by atoms with van der Waals surface area (Å²) in [6.45, 7) is 1.74. The van der Waals surface area contributed by atoms with E-state index >= 15 is 0 Å². The van der Waals surface area contributed by atoms with Gasteiger partial charge in [0.2, 0.25) is 11.8 Å². The van der Waals surface area contributed by atoms with Crippen LogP contribution in [0.25, 0.3) is 0 Å². The molecule has 0 radical (unpaired) electrons. The van der Waals surface area contributed by atoms with Crippen molar-refractivity contribution in [3.63, 3.8) is 0 Å². The van der Waals surface area contributed by atoms with Crippen LogP contribution in [0.15, 0.2) is 0 Å². The first kappa shape index (κ1) is 13.3. The van der Waals surface area contributed by atoms with E-state index in [9.17, 15) is 9.59 Å². The molecule has 2 amide bonds. The maximum absolute atomic E-state index is 12.3. The zero-order chi connectivity index (χ0) is 13.1. The summed E-state index contributed by atoms with van der Waals surface area (Å²) >= 11 is 0. The summed E-state index contributed by atoms with van der Waals surface area (Å²) < 4.78 is 0. The van der Waals surface area contributed by atoms with Gasteiger partial charge >= 0.3 is 0 Å². The zero-order valence-corrected chi connectivity index (χ0v) is 11.3. The van der Waals surface area contributed by atoms with Gasteiger partial charge in [0, 0.05) is 33.1 Å². The summed E-state index contributed by atoms with van der Waals surface area (Å²) in [6.07, 6.45) is 4.51. The lowest BCUT2D eigenvalue weighted by atomic mass is 10.1. The molecule has 2 fully saturated rings. The quantitative estimate of drug-likeness (QED) is 0.782. The molecule has 2 unspecified atom stereocenters. The monoisotopic (exact) mass is 253 g/mol. The van der Waals surface area contributed by atoms with Gasteiger partial charge in [-0.3, -0.25) is 9.59 Å². The van der Waals surface area contributed by atoms with E-state index in [1.54, 1.807) is 23.9 Å². The molecule has 0 spiro atoms. The van der Waals surface area contributed by atoms with E-state index in [0.29, 0.717) is 12.5 Å². The predicted molar refractivity (Wildman–Crippen MR) is 69.1 cm³/mol. The Morgan fingerprint density at radius 1 is 1.28 bits per heavy atom. The number of nitrogens with zero attached hydrogens (tertiary/aromatic N) is 2. The molecule has 1 N–H and O–H groups in total. The molecule has 102 valence electrons. The van der Waals surface area contributed by atoms with E-state index in [1.807, 2.05) is 0 Å². The molecule has 0 aromatic heterocycles. The van der Waals surface area contributed by atoms with E-state index in [-0.39, 0.29) is 17.9 Å². The normalized spacial score (nSPS) is 27.6. The number of likely N-dealkylation sites (N-methyl/N-ethyl adjacent to an activating group) is 1. The summed E-state index contributed by atoms with van der Waals surface area (Å²) in [5, 5.41) is 3.33. The van der Waals surface area contributed by atoms with Gasteiger partial charge in [-0.25, -0.2) is 0 Å². The Hall–Kier alpha value is -1.10. The highest BCUT2D eigenvalue weighted by molar-refractivity contribution is 5.88. The summed E-state index contributed by atoms with van der Waals surface area (Å²) in [5.74, 6) is 0.187. The lowest BCUT2D eigenvalue weighted by Crippen LogP contribution is -2.46. The van der Waals surface area contributed by atoms with E-state index in [2.05, 4.69) is 5.32 Å². The van der Waals surface area contributed by atoms with Gasteiger partial charge in [-0.15, -0.1) is 0 Å². The van der Waals surface area contributed by atoms with Crippen LogP contribution >= 0.6 is 0 Å². The van der Waals surface area contributed by atoms with E-state index in [4.69, 9.17) is 0 Å². The van der Waals surface area contributed by atoms with Gasteiger partial charge in [-0.1, -0.05) is 0 Å². The molecule has 5 nitrogen and oxygen atoms in total. The van der Waals surface area contributed by atoms with Crippen molar-refractivity contribution in [2.75, 3.05) is 27.2 Å². The fourth-order valence-electron chi connectivity index (χ4n) is 2.88. The highest BCUT2D eigenvalue weighted by Gasteiger charge is 2.35. The molecule has 2 aliphatic heterocycles. The second-order valence-electron chi connectivity index (χ2n) is 5.48. The van der Waals surface area contributed by atoms with Crippen molar-refractivity contribution < 1.29 is 9.59 Å². The van der Waals surface area contributed by atoms with Gasteiger partial charge in [0.25, 0.3) is 0 Å². The second kappa shape index (κ2) is 5.69. The van der Waals surface area contributed by atoms with E-state index in [1.165, 1.54) is 0 Å². The van der Waals surface area contributed by atoms with Crippen LogP contribution in [0, 0.1) is 0 Å². The number of carbonyl (C=O) groups is 2. The smallest absolute Gasteiger partial charge is 0.244 e. The molecular weight excluding hydrogens is 230 g/mol. The Morgan fingerprint density at radius 2 is 2.06 bits per heavy atom. The van der Waals surface area contributed by atoms with E-state index in [0.717, 1.165) is 38.8 Å². The number of carbonyl (C=O) groups excluding carboxylic acids is 2. The van der Waals surface area contributed by atoms with Gasteiger partial charge in [0.15, 0.2) is 0 Å². The Labute approximate surface area is 108 Å². The number of nitrogens with one attached hydrogen (secondary N) is 1. The van der Waals surface area contributed by atoms with Crippen molar-refractivity contribution in [2.45, 2.75) is 44.2 Å². The molecule has 0 saturated carbocycles. The predicted octanol–water partition coefficient (Wildman–Crippen LogP) is 0.208. The average molecular weight is 253 g/mol. The second-order valence-corrected chi connectivity index (χ2v) is 5.48. The first-order chi connectivity index (χ1) is 8.59. The molecule has 2 rings (SSSR count). The van der Waals surface area contributed by atoms with Crippen molar-refractivity contribution in [2.24, 2.45) is 0 Å². The SMILES string of the molecule is CN(C)C(=O)C1CCCN1C(=O)CC1CCCN1. The molecule has 18 heavy (non-hydrogen) atoms. The Bertz CT molecular complexity index is 324. The van der Waals surface area contributed by atoms with Gasteiger partial charge < -0.3 is 15.1 Å². The van der Waals surface area contributed by atoms with Crippen molar-refractivity contribution in [1.29, 1.82) is 0 Å². The van der Waals surface area contributed by atoms with Crippen molar-refractivity contribution >= 4 is 11.8 Å². The fourth-order valence-corrected chi connectivity index (χ4v) is 2.88. The van der Waals surface area contributed by atoms with Crippen LogP contribution in [-0.2, 0) is 9.59 Å². The number of rotatable bonds is 3. The zero-order valence-electron chi connectivity index (χ0n) is 11.3. The first-order valence-corrected chi connectivity index (χ1v) is 6.83. The van der Waals surface area contributed by atoms with Crippen LogP contribution in [0.4, 0.5) is 0 Å². The minimum Gasteiger partial charge on any atom is -0.347 e. The first-order valence-electron chi connectivity index (χ1n) is 6.83. The van der Waals surface area contributed by atoms with Gasteiger partial charge in [0.1, 0.15) is 6.04 Å². The molecule has 0 aliphatic carbocycles. The summed E-state index contributed by atoms with van der Waals surface area (Å²) in [5.41, 5.74) is 0. The van der Waals surface area contributed by atoms with Crippen molar-refractivity contribution in [1.82, 2.24) is 15.1 Å². The Morgan fingerprint density at radius 3 is 2.67 bits per heavy atom. The average Bonchev–Trinajstić information content (AvgIpc) is 2.97. The molecule has 2 aliphatic rings. The summed E-state index contributed by atoms with van der Waals surface area (Å²) in [6, 6.07) is 0.0853. The summed E-state index contributed by atoms with van der Waals surface area (Å²) in [4.78, 5) is 27.6. The van der Waals surface area contributed by atoms with Gasteiger partial charge in [-0.05, 0) is 32.2 Å². The van der Waals surface area contributed by atoms with Crippen molar-refractivity contribution in [3.8, 4) is 0 Å². The summed E-state index contributed by atoms with van der Waals surface area (Å²) in [7, 11) is 3.50. The standard InChI is InChI=1S/C13H23N3O2/c1-15(2)13(18)11-6-4-8-16(11)12(17)9-10-5-3-7-14-10/h10-11,14H,3-9H2,1-2H3. The molecular formula is C13H23N3O2. The molecule has 2 heterocycles. The molecule has 5 heteroatoms. The van der Waals surface area contributed by atoms with Crippen LogP contribution in [0.1, 0.15) is 32.1 Å². The highest BCUT2D eigenvalue weighted by atomic mass is 16.2. The molecule has 0 bridgehead atoms. The minimum atomic E-state index is -0.228. The van der Waals surface area contributed by atoms with Gasteiger partial charge in [-0.2, -0.15) is 0 Å². The Kier molecular flexibility index (Phi) is 4.22. The molecule has 2 atom stereocenters. The molecule has 0 aromatic carbocycles. The number of likely N-dealkylation sites (tertiary alicyclic amines) is 1. The lowest BCUT2D eigenvalue weighted by molar-refractivity contribution is -0.142. The van der Waals surface area contributed by atoms with Crippen LogP contribution in [0.5, 0.6) is 0 Å². The number of hydrogen-bond acceptors (Lipinski definition) is 3. The van der Waals surface area contributed by atoms with Crippen molar-refractivity contribution in [3.05, 3.63) is 0 Å². The maximum atomic E-state index is 12.3. The van der Waals surface area contributed by atoms with Crippen LogP contribution < -0.4 is 5.32 Å². The van der Waals surface area contributed by atoms with Crippen LogP contribution in [0.2, 0.25) is 0 Å². The maximum Gasteiger partial charge on any atom is 0.244 e. The molecule has 0 aromatic rings. The number of amides is 2. The highest BCUT2D eigenvalue weighted by Crippen LogP contribution is 2.21. The van der Waals surface area contributed by atoms with Crippen LogP contribution in [0.3, 0.4) is 0 Å². The van der Waals surface area contributed by atoms with E-state index < -0.39 is 0 Å². The topological polar surface area (TPSA) is 52.7 Å². The largest absolute Gasteiger partial charge is 0.347 e.